The van der Waals surface area contributed by atoms with E-state index in [1.165, 1.54) is 0 Å². The van der Waals surface area contributed by atoms with Crippen molar-refractivity contribution in [1.82, 2.24) is 0 Å². The SMILES string of the molecule is CC(C)Cc1cc(CC(C)C)c(S(=O)(=O)O)c(CC(C)C)c1. The molecule has 0 bridgehead atoms. The van der Waals surface area contributed by atoms with Crippen LogP contribution in [0.25, 0.3) is 0 Å². The summed E-state index contributed by atoms with van der Waals surface area (Å²) in [7, 11) is -4.20. The largest absolute Gasteiger partial charge is 0.295 e. The van der Waals surface area contributed by atoms with Gasteiger partial charge in [-0.25, -0.2) is 0 Å². The maximum absolute atomic E-state index is 11.9. The Kier molecular flexibility index (Phi) is 6.63. The fourth-order valence-corrected chi connectivity index (χ4v) is 3.88. The van der Waals surface area contributed by atoms with Crippen molar-refractivity contribution in [3.8, 4) is 0 Å². The van der Waals surface area contributed by atoms with Crippen molar-refractivity contribution in [3.63, 3.8) is 0 Å². The van der Waals surface area contributed by atoms with Gasteiger partial charge < -0.3 is 0 Å². The Labute approximate surface area is 135 Å². The molecule has 0 radical (unpaired) electrons. The van der Waals surface area contributed by atoms with Crippen molar-refractivity contribution in [3.05, 3.63) is 28.8 Å². The molecule has 3 nitrogen and oxygen atoms in total. The summed E-state index contributed by atoms with van der Waals surface area (Å²) < 4.78 is 33.6. The molecule has 0 aliphatic rings. The van der Waals surface area contributed by atoms with E-state index in [-0.39, 0.29) is 4.90 Å². The Morgan fingerprint density at radius 1 is 0.818 bits per heavy atom. The molecule has 0 heterocycles. The fourth-order valence-electron chi connectivity index (χ4n) is 2.93. The lowest BCUT2D eigenvalue weighted by Crippen LogP contribution is -2.13. The minimum atomic E-state index is -4.20. The lowest BCUT2D eigenvalue weighted by molar-refractivity contribution is 0.478. The van der Waals surface area contributed by atoms with Crippen LogP contribution in [0.5, 0.6) is 0 Å². The van der Waals surface area contributed by atoms with Gasteiger partial charge in [0.15, 0.2) is 0 Å². The van der Waals surface area contributed by atoms with Gasteiger partial charge in [0.1, 0.15) is 4.90 Å². The average molecular weight is 327 g/mol. The molecule has 0 fully saturated rings. The van der Waals surface area contributed by atoms with Gasteiger partial charge in [-0.05, 0) is 53.7 Å². The topological polar surface area (TPSA) is 54.4 Å². The standard InChI is InChI=1S/C18H30O3S/c1-12(2)7-15-10-16(8-13(3)4)18(22(19,20)21)17(11-15)9-14(5)6/h10-14H,7-9H2,1-6H3,(H,19,20,21). The molecule has 126 valence electrons. The van der Waals surface area contributed by atoms with E-state index >= 15 is 0 Å². The first-order valence-corrected chi connectivity index (χ1v) is 9.56. The van der Waals surface area contributed by atoms with Gasteiger partial charge in [0.2, 0.25) is 0 Å². The van der Waals surface area contributed by atoms with E-state index in [1.54, 1.807) is 0 Å². The second kappa shape index (κ2) is 7.60. The van der Waals surface area contributed by atoms with Crippen molar-refractivity contribution in [2.24, 2.45) is 17.8 Å². The maximum Gasteiger partial charge on any atom is 0.295 e. The van der Waals surface area contributed by atoms with E-state index in [0.29, 0.717) is 30.6 Å². The summed E-state index contributed by atoms with van der Waals surface area (Å²) in [6.45, 7) is 12.5. The average Bonchev–Trinajstić information content (AvgIpc) is 2.22. The number of hydrogen-bond acceptors (Lipinski definition) is 2. The molecule has 0 atom stereocenters. The summed E-state index contributed by atoms with van der Waals surface area (Å²) in [5.74, 6) is 1.18. The van der Waals surface area contributed by atoms with E-state index in [4.69, 9.17) is 0 Å². The summed E-state index contributed by atoms with van der Waals surface area (Å²) in [6, 6.07) is 3.93. The molecule has 1 aromatic carbocycles. The molecule has 4 heteroatoms. The quantitative estimate of drug-likeness (QED) is 0.749. The third-order valence-corrected chi connectivity index (χ3v) is 4.50. The monoisotopic (exact) mass is 326 g/mol. The minimum absolute atomic E-state index is 0.141. The predicted octanol–water partition coefficient (Wildman–Crippen LogP) is 4.53. The second-order valence-corrected chi connectivity index (χ2v) is 8.87. The minimum Gasteiger partial charge on any atom is -0.282 e. The van der Waals surface area contributed by atoms with Gasteiger partial charge in [-0.15, -0.1) is 0 Å². The lowest BCUT2D eigenvalue weighted by atomic mass is 9.91. The molecule has 0 saturated carbocycles. The lowest BCUT2D eigenvalue weighted by Gasteiger charge is -2.18. The molecule has 22 heavy (non-hydrogen) atoms. The molecule has 1 aromatic rings. The highest BCUT2D eigenvalue weighted by Gasteiger charge is 2.22. The first-order valence-electron chi connectivity index (χ1n) is 8.12. The molecule has 0 aliphatic carbocycles. The molecule has 0 aromatic heterocycles. The highest BCUT2D eigenvalue weighted by Crippen LogP contribution is 2.28. The summed E-state index contributed by atoms with van der Waals surface area (Å²) in [5, 5.41) is 0. The first-order chi connectivity index (χ1) is 10.0. The van der Waals surface area contributed by atoms with E-state index in [9.17, 15) is 13.0 Å². The fraction of sp³-hybridized carbons (Fsp3) is 0.667. The van der Waals surface area contributed by atoms with Crippen LogP contribution in [-0.4, -0.2) is 13.0 Å². The van der Waals surface area contributed by atoms with Crippen LogP contribution in [-0.2, 0) is 29.4 Å². The number of benzene rings is 1. The van der Waals surface area contributed by atoms with Crippen LogP contribution < -0.4 is 0 Å². The first kappa shape index (κ1) is 19.2. The van der Waals surface area contributed by atoms with Crippen molar-refractivity contribution in [2.75, 3.05) is 0 Å². The molecule has 0 amide bonds. The van der Waals surface area contributed by atoms with Crippen LogP contribution in [0.1, 0.15) is 58.2 Å². The van der Waals surface area contributed by atoms with Crippen LogP contribution in [0.15, 0.2) is 17.0 Å². The number of rotatable bonds is 7. The highest BCUT2D eigenvalue weighted by atomic mass is 32.2. The normalized spacial score (nSPS) is 12.6. The van der Waals surface area contributed by atoms with Crippen LogP contribution in [0.4, 0.5) is 0 Å². The van der Waals surface area contributed by atoms with Crippen molar-refractivity contribution < 1.29 is 13.0 Å². The highest BCUT2D eigenvalue weighted by molar-refractivity contribution is 7.86. The second-order valence-electron chi connectivity index (χ2n) is 7.51. The van der Waals surface area contributed by atoms with Gasteiger partial charge in [0, 0.05) is 0 Å². The zero-order valence-electron chi connectivity index (χ0n) is 14.7. The zero-order valence-corrected chi connectivity index (χ0v) is 15.5. The van der Waals surface area contributed by atoms with Gasteiger partial charge >= 0.3 is 0 Å². The van der Waals surface area contributed by atoms with Gasteiger partial charge in [-0.1, -0.05) is 53.7 Å². The number of hydrogen-bond donors (Lipinski definition) is 1. The van der Waals surface area contributed by atoms with E-state index in [2.05, 4.69) is 41.5 Å². The molecule has 0 saturated heterocycles. The van der Waals surface area contributed by atoms with Crippen molar-refractivity contribution in [1.29, 1.82) is 0 Å². The van der Waals surface area contributed by atoms with Gasteiger partial charge in [-0.2, -0.15) is 8.42 Å². The maximum atomic E-state index is 11.9. The summed E-state index contributed by atoms with van der Waals surface area (Å²) in [4.78, 5) is 0.141. The van der Waals surface area contributed by atoms with Crippen LogP contribution in [0.3, 0.4) is 0 Å². The molecule has 0 unspecified atom stereocenters. The van der Waals surface area contributed by atoms with Crippen molar-refractivity contribution >= 4 is 10.1 Å². The Bertz CT molecular complexity index is 568. The van der Waals surface area contributed by atoms with E-state index in [1.807, 2.05) is 12.1 Å². The summed E-state index contributed by atoms with van der Waals surface area (Å²) in [5.41, 5.74) is 2.67. The summed E-state index contributed by atoms with van der Waals surface area (Å²) >= 11 is 0. The Morgan fingerprint density at radius 3 is 1.45 bits per heavy atom. The smallest absolute Gasteiger partial charge is 0.282 e. The van der Waals surface area contributed by atoms with E-state index < -0.39 is 10.1 Å². The van der Waals surface area contributed by atoms with Crippen LogP contribution in [0.2, 0.25) is 0 Å². The molecule has 0 aliphatic heterocycles. The van der Waals surface area contributed by atoms with Crippen molar-refractivity contribution in [2.45, 2.75) is 65.7 Å². The molecule has 0 spiro atoms. The Morgan fingerprint density at radius 2 is 1.18 bits per heavy atom. The Balaban J connectivity index is 3.53. The van der Waals surface area contributed by atoms with Crippen LogP contribution >= 0.6 is 0 Å². The molecule has 1 rings (SSSR count). The third-order valence-electron chi connectivity index (χ3n) is 3.46. The van der Waals surface area contributed by atoms with Gasteiger partial charge in [0.25, 0.3) is 10.1 Å². The third kappa shape index (κ3) is 5.73. The Hall–Kier alpha value is -0.870. The predicted molar refractivity (Wildman–Crippen MR) is 91.9 cm³/mol. The molecular weight excluding hydrogens is 296 g/mol. The van der Waals surface area contributed by atoms with Gasteiger partial charge in [0.05, 0.1) is 0 Å². The van der Waals surface area contributed by atoms with E-state index in [0.717, 1.165) is 23.1 Å². The zero-order chi connectivity index (χ0) is 17.1. The van der Waals surface area contributed by atoms with Gasteiger partial charge in [-0.3, -0.25) is 4.55 Å². The molecular formula is C18H30O3S. The van der Waals surface area contributed by atoms with Crippen LogP contribution in [0, 0.1) is 17.8 Å². The summed E-state index contributed by atoms with van der Waals surface area (Å²) in [6.07, 6.45) is 2.24. The molecule has 1 N–H and O–H groups in total.